The summed E-state index contributed by atoms with van der Waals surface area (Å²) in [6.45, 7) is 0. The van der Waals surface area contributed by atoms with Gasteiger partial charge in [0.2, 0.25) is 11.8 Å². The molecule has 1 aliphatic rings. The van der Waals surface area contributed by atoms with Gasteiger partial charge in [-0.1, -0.05) is 0 Å². The van der Waals surface area contributed by atoms with Gasteiger partial charge in [-0.25, -0.2) is 9.97 Å². The second-order valence-corrected chi connectivity index (χ2v) is 4.04. The number of rotatable bonds is 4. The van der Waals surface area contributed by atoms with Crippen molar-refractivity contribution in [3.8, 4) is 11.8 Å². The Morgan fingerprint density at radius 1 is 0.727 bits per heavy atom. The number of amidine groups is 2. The SMILES string of the molecule is COc1cncc(C2=NNC(c3cncc(OC)n3)=NN2)n1. The van der Waals surface area contributed by atoms with Gasteiger partial charge in [0, 0.05) is 0 Å². The Bertz CT molecular complexity index is 682. The third kappa shape index (κ3) is 2.75. The molecule has 2 aromatic heterocycles. The van der Waals surface area contributed by atoms with Crippen LogP contribution in [0.25, 0.3) is 0 Å². The molecule has 0 saturated heterocycles. The fourth-order valence-electron chi connectivity index (χ4n) is 1.62. The van der Waals surface area contributed by atoms with E-state index in [-0.39, 0.29) is 0 Å². The van der Waals surface area contributed by atoms with Crippen molar-refractivity contribution in [1.29, 1.82) is 0 Å². The minimum atomic E-state index is 0.385. The van der Waals surface area contributed by atoms with E-state index in [4.69, 9.17) is 9.47 Å². The smallest absolute Gasteiger partial charge is 0.232 e. The van der Waals surface area contributed by atoms with E-state index >= 15 is 0 Å². The lowest BCUT2D eigenvalue weighted by molar-refractivity contribution is 0.395. The third-order valence-electron chi connectivity index (χ3n) is 2.68. The van der Waals surface area contributed by atoms with Gasteiger partial charge in [-0.15, -0.1) is 0 Å². The number of methoxy groups -OCH3 is 2. The lowest BCUT2D eigenvalue weighted by Gasteiger charge is -2.14. The maximum Gasteiger partial charge on any atom is 0.232 e. The first kappa shape index (κ1) is 13.7. The highest BCUT2D eigenvalue weighted by molar-refractivity contribution is 6.04. The molecule has 3 heterocycles. The van der Waals surface area contributed by atoms with Crippen LogP contribution in [0.3, 0.4) is 0 Å². The van der Waals surface area contributed by atoms with Crippen LogP contribution in [-0.2, 0) is 0 Å². The van der Waals surface area contributed by atoms with E-state index in [1.807, 2.05) is 0 Å². The van der Waals surface area contributed by atoms with Crippen LogP contribution < -0.4 is 20.3 Å². The summed E-state index contributed by atoms with van der Waals surface area (Å²) in [6, 6.07) is 0. The summed E-state index contributed by atoms with van der Waals surface area (Å²) in [5.41, 5.74) is 6.55. The van der Waals surface area contributed by atoms with Crippen molar-refractivity contribution in [1.82, 2.24) is 30.8 Å². The summed E-state index contributed by atoms with van der Waals surface area (Å²) in [7, 11) is 3.03. The second kappa shape index (κ2) is 5.99. The van der Waals surface area contributed by atoms with Gasteiger partial charge in [-0.2, -0.15) is 10.2 Å². The number of nitrogens with zero attached hydrogens (tertiary/aromatic N) is 6. The average Bonchev–Trinajstić information content (AvgIpc) is 2.62. The topological polar surface area (TPSA) is 119 Å². The first-order valence-corrected chi connectivity index (χ1v) is 6.20. The van der Waals surface area contributed by atoms with Gasteiger partial charge in [0.15, 0.2) is 11.7 Å². The summed E-state index contributed by atoms with van der Waals surface area (Å²) in [4.78, 5) is 16.4. The quantitative estimate of drug-likeness (QED) is 0.775. The van der Waals surface area contributed by atoms with Crippen LogP contribution in [-0.4, -0.2) is 45.8 Å². The van der Waals surface area contributed by atoms with Crippen molar-refractivity contribution >= 4 is 11.7 Å². The van der Waals surface area contributed by atoms with Crippen LogP contribution in [0.2, 0.25) is 0 Å². The average molecular weight is 300 g/mol. The summed E-state index contributed by atoms with van der Waals surface area (Å²) < 4.78 is 10.0. The largest absolute Gasteiger partial charge is 0.480 e. The molecule has 0 unspecified atom stereocenters. The van der Waals surface area contributed by atoms with Crippen LogP contribution >= 0.6 is 0 Å². The maximum absolute atomic E-state index is 5.02. The molecule has 0 atom stereocenters. The fraction of sp³-hybridized carbons (Fsp3) is 0.167. The molecule has 2 N–H and O–H groups in total. The Morgan fingerprint density at radius 3 is 1.55 bits per heavy atom. The highest BCUT2D eigenvalue weighted by atomic mass is 16.5. The first-order chi connectivity index (χ1) is 10.8. The number of hydrazone groups is 2. The Morgan fingerprint density at radius 2 is 1.18 bits per heavy atom. The molecule has 0 amide bonds. The fourth-order valence-corrected chi connectivity index (χ4v) is 1.62. The summed E-state index contributed by atoms with van der Waals surface area (Å²) in [6.07, 6.45) is 6.09. The van der Waals surface area contributed by atoms with Gasteiger partial charge in [-0.05, 0) is 0 Å². The molecular formula is C12H12N8O2. The van der Waals surface area contributed by atoms with Gasteiger partial charge in [0.25, 0.3) is 0 Å². The van der Waals surface area contributed by atoms with Crippen LogP contribution in [0, 0.1) is 0 Å². The second-order valence-electron chi connectivity index (χ2n) is 4.04. The van der Waals surface area contributed by atoms with Gasteiger partial charge in [0.05, 0.1) is 39.0 Å². The van der Waals surface area contributed by atoms with Gasteiger partial charge < -0.3 is 9.47 Å². The number of hydrogen-bond acceptors (Lipinski definition) is 10. The van der Waals surface area contributed by atoms with Crippen molar-refractivity contribution in [2.45, 2.75) is 0 Å². The predicted molar refractivity (Wildman–Crippen MR) is 76.5 cm³/mol. The molecule has 0 bridgehead atoms. The van der Waals surface area contributed by atoms with Crippen molar-refractivity contribution < 1.29 is 9.47 Å². The molecule has 0 aliphatic carbocycles. The number of ether oxygens (including phenoxy) is 2. The Hall–Kier alpha value is -3.30. The van der Waals surface area contributed by atoms with E-state index in [0.717, 1.165) is 0 Å². The maximum atomic E-state index is 5.02. The monoisotopic (exact) mass is 300 g/mol. The molecule has 0 radical (unpaired) electrons. The van der Waals surface area contributed by atoms with E-state index in [0.29, 0.717) is 34.8 Å². The van der Waals surface area contributed by atoms with Crippen LogP contribution in [0.5, 0.6) is 11.8 Å². The zero-order chi connectivity index (χ0) is 15.4. The minimum absolute atomic E-state index is 0.385. The van der Waals surface area contributed by atoms with E-state index in [1.54, 1.807) is 12.4 Å². The molecule has 3 rings (SSSR count). The number of nitrogens with one attached hydrogen (secondary N) is 2. The van der Waals surface area contributed by atoms with Crippen molar-refractivity contribution in [2.75, 3.05) is 14.2 Å². The van der Waals surface area contributed by atoms with Gasteiger partial charge in [-0.3, -0.25) is 20.8 Å². The lowest BCUT2D eigenvalue weighted by atomic mass is 10.4. The minimum Gasteiger partial charge on any atom is -0.480 e. The highest BCUT2D eigenvalue weighted by Crippen LogP contribution is 2.07. The van der Waals surface area contributed by atoms with Crippen molar-refractivity contribution in [3.05, 3.63) is 36.2 Å². The van der Waals surface area contributed by atoms with Crippen LogP contribution in [0.15, 0.2) is 35.0 Å². The van der Waals surface area contributed by atoms with Crippen molar-refractivity contribution in [3.63, 3.8) is 0 Å². The number of aromatic nitrogens is 4. The van der Waals surface area contributed by atoms with Crippen molar-refractivity contribution in [2.24, 2.45) is 10.2 Å². The molecule has 22 heavy (non-hydrogen) atoms. The van der Waals surface area contributed by atoms with Gasteiger partial charge >= 0.3 is 0 Å². The molecule has 0 aromatic carbocycles. The molecule has 2 aromatic rings. The van der Waals surface area contributed by atoms with Crippen LogP contribution in [0.4, 0.5) is 0 Å². The predicted octanol–water partition coefficient (Wildman–Crippen LogP) is -0.500. The lowest BCUT2D eigenvalue weighted by Crippen LogP contribution is -2.35. The zero-order valence-electron chi connectivity index (χ0n) is 11.8. The molecule has 0 spiro atoms. The summed E-state index contributed by atoms with van der Waals surface area (Å²) in [5.74, 6) is 1.59. The molecule has 112 valence electrons. The third-order valence-corrected chi connectivity index (χ3v) is 2.68. The summed E-state index contributed by atoms with van der Waals surface area (Å²) >= 11 is 0. The Labute approximate surface area is 125 Å². The molecule has 10 nitrogen and oxygen atoms in total. The normalized spacial score (nSPS) is 13.4. The van der Waals surface area contributed by atoms with E-state index in [9.17, 15) is 0 Å². The summed E-state index contributed by atoms with van der Waals surface area (Å²) in [5, 5.41) is 8.29. The van der Waals surface area contributed by atoms with E-state index in [1.165, 1.54) is 26.6 Å². The molecule has 10 heteroatoms. The van der Waals surface area contributed by atoms with E-state index < -0.39 is 0 Å². The zero-order valence-corrected chi connectivity index (χ0v) is 11.8. The number of hydrogen-bond donors (Lipinski definition) is 2. The Kier molecular flexibility index (Phi) is 3.72. The first-order valence-electron chi connectivity index (χ1n) is 6.20. The van der Waals surface area contributed by atoms with E-state index in [2.05, 4.69) is 41.0 Å². The standard InChI is InChI=1S/C12H12N8O2/c1-21-9-5-13-3-7(15-9)11-17-19-12(20-18-11)8-4-14-6-10(16-8)22-2/h3-6H,1-2H3,(H,17,18)(H,19,20). The van der Waals surface area contributed by atoms with Crippen LogP contribution in [0.1, 0.15) is 11.4 Å². The highest BCUT2D eigenvalue weighted by Gasteiger charge is 2.15. The Balaban J connectivity index is 1.78. The molecule has 1 aliphatic heterocycles. The molecule has 0 saturated carbocycles. The van der Waals surface area contributed by atoms with Gasteiger partial charge in [0.1, 0.15) is 11.4 Å². The molecule has 0 fully saturated rings. The molecular weight excluding hydrogens is 288 g/mol.